The first kappa shape index (κ1) is 19.4. The Hall–Kier alpha value is -2.35. The molecule has 27 heavy (non-hydrogen) atoms. The summed E-state index contributed by atoms with van der Waals surface area (Å²) in [5, 5.41) is 5.07. The van der Waals surface area contributed by atoms with Gasteiger partial charge >= 0.3 is 0 Å². The van der Waals surface area contributed by atoms with E-state index in [9.17, 15) is 8.42 Å². The Morgan fingerprint density at radius 3 is 2.37 bits per heavy atom. The summed E-state index contributed by atoms with van der Waals surface area (Å²) in [4.78, 5) is 2.23. The number of likely N-dealkylation sites (N-methyl/N-ethyl adjacent to an activating group) is 1. The van der Waals surface area contributed by atoms with Gasteiger partial charge in [-0.3, -0.25) is 9.40 Å². The molecule has 1 aromatic heterocycles. The predicted octanol–water partition coefficient (Wildman–Crippen LogP) is 3.57. The summed E-state index contributed by atoms with van der Waals surface area (Å²) in [7, 11) is 0.217. The van der Waals surface area contributed by atoms with Gasteiger partial charge in [0.2, 0.25) is 0 Å². The maximum atomic E-state index is 12.7. The number of hydrogen-bond donors (Lipinski definition) is 1. The molecule has 0 aliphatic rings. The third kappa shape index (κ3) is 4.88. The Balaban J connectivity index is 1.98. The van der Waals surface area contributed by atoms with Crippen molar-refractivity contribution >= 4 is 27.4 Å². The maximum Gasteiger partial charge on any atom is 0.263 e. The number of rotatable bonds is 7. The van der Waals surface area contributed by atoms with Crippen molar-refractivity contribution in [3.63, 3.8) is 0 Å². The van der Waals surface area contributed by atoms with E-state index in [2.05, 4.69) is 9.82 Å². The van der Waals surface area contributed by atoms with E-state index in [1.54, 1.807) is 47.1 Å². The van der Waals surface area contributed by atoms with Crippen molar-refractivity contribution in [2.24, 2.45) is 0 Å². The number of aromatic nitrogens is 2. The van der Waals surface area contributed by atoms with Crippen LogP contribution in [-0.4, -0.2) is 43.7 Å². The second-order valence-corrected chi connectivity index (χ2v) is 8.50. The average Bonchev–Trinajstić information content (AvgIpc) is 3.03. The minimum Gasteiger partial charge on any atom is -0.308 e. The zero-order valence-corrected chi connectivity index (χ0v) is 16.7. The Morgan fingerprint density at radius 2 is 1.74 bits per heavy atom. The number of sulfonamides is 1. The van der Waals surface area contributed by atoms with Crippen molar-refractivity contribution in [3.8, 4) is 11.1 Å². The van der Waals surface area contributed by atoms with E-state index < -0.39 is 10.0 Å². The van der Waals surface area contributed by atoms with Crippen LogP contribution < -0.4 is 4.72 Å². The van der Waals surface area contributed by atoms with E-state index in [-0.39, 0.29) is 4.90 Å². The third-order valence-corrected chi connectivity index (χ3v) is 5.58. The standard InChI is InChI=1S/C19H21ClN4O2S/c1-23(2)12-13-24-14-18(15-8-10-16(20)11-9-15)19(21-24)22-27(25,26)17-6-4-3-5-7-17/h3-11,14H,12-13H2,1-2H3,(H,21,22). The number of benzene rings is 2. The fourth-order valence-corrected chi connectivity index (χ4v) is 3.70. The second-order valence-electron chi connectivity index (χ2n) is 6.38. The molecule has 0 bridgehead atoms. The summed E-state index contributed by atoms with van der Waals surface area (Å²) in [5.41, 5.74) is 1.53. The van der Waals surface area contributed by atoms with Crippen LogP contribution in [0.4, 0.5) is 5.82 Å². The molecule has 0 spiro atoms. The van der Waals surface area contributed by atoms with Crippen LogP contribution >= 0.6 is 11.6 Å². The molecule has 0 saturated carbocycles. The van der Waals surface area contributed by atoms with Crippen LogP contribution in [0.3, 0.4) is 0 Å². The van der Waals surface area contributed by atoms with Crippen LogP contribution in [0.25, 0.3) is 11.1 Å². The van der Waals surface area contributed by atoms with Crippen molar-refractivity contribution in [2.75, 3.05) is 25.4 Å². The molecule has 1 heterocycles. The molecule has 8 heteroatoms. The van der Waals surface area contributed by atoms with E-state index in [4.69, 9.17) is 11.6 Å². The SMILES string of the molecule is CN(C)CCn1cc(-c2ccc(Cl)cc2)c(NS(=O)(=O)c2ccccc2)n1. The van der Waals surface area contributed by atoms with Gasteiger partial charge in [-0.2, -0.15) is 5.10 Å². The molecule has 0 aliphatic carbocycles. The molecule has 0 amide bonds. The normalized spacial score (nSPS) is 11.7. The summed E-state index contributed by atoms with van der Waals surface area (Å²) in [6.45, 7) is 1.42. The van der Waals surface area contributed by atoms with Crippen molar-refractivity contribution in [1.29, 1.82) is 0 Å². The first-order valence-electron chi connectivity index (χ1n) is 8.41. The Morgan fingerprint density at radius 1 is 1.07 bits per heavy atom. The van der Waals surface area contributed by atoms with E-state index in [1.165, 1.54) is 0 Å². The Bertz CT molecular complexity index is 1000. The number of halogens is 1. The van der Waals surface area contributed by atoms with Gasteiger partial charge in [0.1, 0.15) is 0 Å². The third-order valence-electron chi connectivity index (χ3n) is 3.98. The highest BCUT2D eigenvalue weighted by Crippen LogP contribution is 2.29. The molecular formula is C19H21ClN4O2S. The molecule has 0 fully saturated rings. The lowest BCUT2D eigenvalue weighted by Crippen LogP contribution is -2.19. The molecule has 3 rings (SSSR count). The molecule has 1 N–H and O–H groups in total. The van der Waals surface area contributed by atoms with Crippen LogP contribution in [0.1, 0.15) is 0 Å². The van der Waals surface area contributed by atoms with E-state index in [0.717, 1.165) is 12.1 Å². The van der Waals surface area contributed by atoms with Crippen molar-refractivity contribution in [1.82, 2.24) is 14.7 Å². The summed E-state index contributed by atoms with van der Waals surface area (Å²) < 4.78 is 29.8. The van der Waals surface area contributed by atoms with Gasteiger partial charge in [0.25, 0.3) is 10.0 Å². The number of nitrogens with one attached hydrogen (secondary N) is 1. The highest BCUT2D eigenvalue weighted by molar-refractivity contribution is 7.92. The largest absolute Gasteiger partial charge is 0.308 e. The highest BCUT2D eigenvalue weighted by Gasteiger charge is 2.19. The lowest BCUT2D eigenvalue weighted by atomic mass is 10.1. The average molecular weight is 405 g/mol. The molecule has 142 valence electrons. The summed E-state index contributed by atoms with van der Waals surface area (Å²) >= 11 is 5.98. The highest BCUT2D eigenvalue weighted by atomic mass is 35.5. The first-order valence-corrected chi connectivity index (χ1v) is 10.3. The zero-order valence-electron chi connectivity index (χ0n) is 15.1. The number of anilines is 1. The fraction of sp³-hybridized carbons (Fsp3) is 0.211. The molecule has 6 nitrogen and oxygen atoms in total. The molecule has 0 unspecified atom stereocenters. The minimum absolute atomic E-state index is 0.190. The lowest BCUT2D eigenvalue weighted by Gasteiger charge is -2.09. The molecule has 2 aromatic carbocycles. The minimum atomic E-state index is -3.73. The quantitative estimate of drug-likeness (QED) is 0.653. The van der Waals surface area contributed by atoms with Crippen LogP contribution in [0.15, 0.2) is 65.7 Å². The molecule has 3 aromatic rings. The number of nitrogens with zero attached hydrogens (tertiary/aromatic N) is 3. The van der Waals surface area contributed by atoms with Crippen molar-refractivity contribution in [3.05, 3.63) is 65.8 Å². The number of hydrogen-bond acceptors (Lipinski definition) is 4. The monoisotopic (exact) mass is 404 g/mol. The van der Waals surface area contributed by atoms with E-state index in [1.807, 2.05) is 37.3 Å². The zero-order chi connectivity index (χ0) is 19.4. The van der Waals surface area contributed by atoms with Crippen LogP contribution in [0.5, 0.6) is 0 Å². The van der Waals surface area contributed by atoms with Crippen LogP contribution in [-0.2, 0) is 16.6 Å². The van der Waals surface area contributed by atoms with Gasteiger partial charge in [0.05, 0.1) is 11.4 Å². The van der Waals surface area contributed by atoms with Gasteiger partial charge in [-0.25, -0.2) is 8.42 Å². The van der Waals surface area contributed by atoms with Gasteiger partial charge < -0.3 is 4.90 Å². The fourth-order valence-electron chi connectivity index (χ4n) is 2.54. The van der Waals surface area contributed by atoms with Gasteiger partial charge in [0.15, 0.2) is 5.82 Å². The predicted molar refractivity (Wildman–Crippen MR) is 108 cm³/mol. The summed E-state index contributed by atoms with van der Waals surface area (Å²) in [6, 6.07) is 15.5. The second kappa shape index (κ2) is 8.12. The van der Waals surface area contributed by atoms with Crippen LogP contribution in [0.2, 0.25) is 5.02 Å². The Labute approximate surface area is 164 Å². The van der Waals surface area contributed by atoms with Crippen molar-refractivity contribution < 1.29 is 8.42 Å². The van der Waals surface area contributed by atoms with Gasteiger partial charge in [-0.1, -0.05) is 41.9 Å². The van der Waals surface area contributed by atoms with Gasteiger partial charge in [-0.05, 0) is 43.9 Å². The van der Waals surface area contributed by atoms with Gasteiger partial charge in [0, 0.05) is 23.3 Å². The molecule has 0 saturated heterocycles. The molecule has 0 atom stereocenters. The molecule has 0 radical (unpaired) electrons. The van der Waals surface area contributed by atoms with Crippen LogP contribution in [0, 0.1) is 0 Å². The van der Waals surface area contributed by atoms with Gasteiger partial charge in [-0.15, -0.1) is 0 Å². The summed E-state index contributed by atoms with van der Waals surface area (Å²) in [5.74, 6) is 0.292. The topological polar surface area (TPSA) is 67.2 Å². The van der Waals surface area contributed by atoms with Crippen molar-refractivity contribution in [2.45, 2.75) is 11.4 Å². The lowest BCUT2D eigenvalue weighted by molar-refractivity contribution is 0.373. The maximum absolute atomic E-state index is 12.7. The van der Waals surface area contributed by atoms with E-state index >= 15 is 0 Å². The Kier molecular flexibility index (Phi) is 5.84. The smallest absolute Gasteiger partial charge is 0.263 e. The van der Waals surface area contributed by atoms with E-state index in [0.29, 0.717) is 22.9 Å². The molecule has 0 aliphatic heterocycles. The first-order chi connectivity index (χ1) is 12.8. The summed E-state index contributed by atoms with van der Waals surface area (Å²) in [6.07, 6.45) is 1.84. The molecular weight excluding hydrogens is 384 g/mol.